The fourth-order valence-electron chi connectivity index (χ4n) is 2.59. The van der Waals surface area contributed by atoms with Crippen LogP contribution in [0.25, 0.3) is 0 Å². The first-order valence-corrected chi connectivity index (χ1v) is 7.77. The minimum Gasteiger partial charge on any atom is -0.481 e. The molecule has 1 fully saturated rings. The van der Waals surface area contributed by atoms with Crippen LogP contribution in [-0.4, -0.2) is 40.0 Å². The summed E-state index contributed by atoms with van der Waals surface area (Å²) in [5.41, 5.74) is 1.04. The van der Waals surface area contributed by atoms with Gasteiger partial charge in [-0.05, 0) is 25.7 Å². The summed E-state index contributed by atoms with van der Waals surface area (Å²) >= 11 is 1.62. The van der Waals surface area contributed by atoms with Crippen LogP contribution in [0.1, 0.15) is 30.5 Å². The fraction of sp³-hybridized carbons (Fsp3) is 0.643. The highest BCUT2D eigenvalue weighted by Gasteiger charge is 2.36. The Balaban J connectivity index is 1.77. The summed E-state index contributed by atoms with van der Waals surface area (Å²) in [5, 5.41) is 12.1. The predicted octanol–water partition coefficient (Wildman–Crippen LogP) is 1.95. The van der Waals surface area contributed by atoms with E-state index in [-0.39, 0.29) is 11.8 Å². The second kappa shape index (κ2) is 6.35. The molecule has 0 saturated carbocycles. The molecule has 1 aliphatic rings. The molecular weight excluding hydrogens is 276 g/mol. The molecule has 1 amide bonds. The van der Waals surface area contributed by atoms with E-state index in [9.17, 15) is 9.59 Å². The molecule has 2 rings (SSSR count). The lowest BCUT2D eigenvalue weighted by Crippen LogP contribution is -2.29. The molecule has 20 heavy (non-hydrogen) atoms. The number of amides is 1. The van der Waals surface area contributed by atoms with Crippen molar-refractivity contribution < 1.29 is 14.7 Å². The fourth-order valence-corrected chi connectivity index (χ4v) is 3.24. The van der Waals surface area contributed by atoms with Gasteiger partial charge in [-0.3, -0.25) is 9.59 Å². The number of aromatic nitrogens is 1. The maximum atomic E-state index is 12.1. The quantitative estimate of drug-likeness (QED) is 0.901. The zero-order chi connectivity index (χ0) is 14.7. The Bertz CT molecular complexity index is 500. The summed E-state index contributed by atoms with van der Waals surface area (Å²) in [4.78, 5) is 29.2. The molecular formula is C14H20N2O3S. The van der Waals surface area contributed by atoms with Crippen molar-refractivity contribution in [3.05, 3.63) is 16.1 Å². The highest BCUT2D eigenvalue weighted by molar-refractivity contribution is 7.09. The van der Waals surface area contributed by atoms with Gasteiger partial charge in [-0.15, -0.1) is 11.3 Å². The van der Waals surface area contributed by atoms with Gasteiger partial charge in [0.25, 0.3) is 0 Å². The number of carbonyl (C=O) groups excluding carboxylic acids is 1. The van der Waals surface area contributed by atoms with Gasteiger partial charge in [0.1, 0.15) is 0 Å². The van der Waals surface area contributed by atoms with E-state index in [1.165, 1.54) is 0 Å². The van der Waals surface area contributed by atoms with Gasteiger partial charge in [0.15, 0.2) is 0 Å². The van der Waals surface area contributed by atoms with Crippen LogP contribution in [0.5, 0.6) is 0 Å². The van der Waals surface area contributed by atoms with Crippen LogP contribution < -0.4 is 0 Å². The number of hydrogen-bond donors (Lipinski definition) is 1. The molecule has 1 N–H and O–H groups in total. The van der Waals surface area contributed by atoms with E-state index in [2.05, 4.69) is 4.98 Å². The lowest BCUT2D eigenvalue weighted by molar-refractivity contribution is -0.142. The lowest BCUT2D eigenvalue weighted by Gasteiger charge is -2.15. The van der Waals surface area contributed by atoms with Crippen LogP contribution in [0.15, 0.2) is 5.38 Å². The molecule has 0 aromatic carbocycles. The highest BCUT2D eigenvalue weighted by Crippen LogP contribution is 2.24. The zero-order valence-electron chi connectivity index (χ0n) is 11.8. The van der Waals surface area contributed by atoms with Crippen molar-refractivity contribution in [3.63, 3.8) is 0 Å². The normalized spacial score (nSPS) is 22.2. The summed E-state index contributed by atoms with van der Waals surface area (Å²) < 4.78 is 0. The number of thiazole rings is 1. The molecule has 2 atom stereocenters. The van der Waals surface area contributed by atoms with Crippen molar-refractivity contribution in [2.75, 3.05) is 13.1 Å². The molecule has 0 spiro atoms. The van der Waals surface area contributed by atoms with E-state index >= 15 is 0 Å². The lowest BCUT2D eigenvalue weighted by atomic mass is 9.99. The van der Waals surface area contributed by atoms with Crippen LogP contribution in [0.2, 0.25) is 0 Å². The SMILES string of the molecule is Cc1nc(CCCC(=O)N2C[C@@H](C)[C@H](C(=O)O)C2)cs1. The van der Waals surface area contributed by atoms with Gasteiger partial charge in [0.05, 0.1) is 16.6 Å². The van der Waals surface area contributed by atoms with Crippen molar-refractivity contribution in [3.8, 4) is 0 Å². The molecule has 5 nitrogen and oxygen atoms in total. The van der Waals surface area contributed by atoms with Crippen molar-refractivity contribution >= 4 is 23.2 Å². The van der Waals surface area contributed by atoms with Crippen molar-refractivity contribution in [2.24, 2.45) is 11.8 Å². The van der Waals surface area contributed by atoms with Crippen LogP contribution in [0.4, 0.5) is 0 Å². The largest absolute Gasteiger partial charge is 0.481 e. The average Bonchev–Trinajstić information content (AvgIpc) is 2.95. The first-order valence-electron chi connectivity index (χ1n) is 6.89. The molecule has 0 aliphatic carbocycles. The first-order chi connectivity index (χ1) is 9.47. The molecule has 0 unspecified atom stereocenters. The van der Waals surface area contributed by atoms with E-state index in [0.29, 0.717) is 19.5 Å². The first kappa shape index (κ1) is 15.0. The number of likely N-dealkylation sites (tertiary alicyclic amines) is 1. The molecule has 1 aromatic rings. The summed E-state index contributed by atoms with van der Waals surface area (Å²) in [6, 6.07) is 0. The minimum absolute atomic E-state index is 0.0395. The maximum absolute atomic E-state index is 12.1. The van der Waals surface area contributed by atoms with Crippen LogP contribution >= 0.6 is 11.3 Å². The molecule has 1 saturated heterocycles. The Hall–Kier alpha value is -1.43. The number of carboxylic acid groups (broad SMARTS) is 1. The summed E-state index contributed by atoms with van der Waals surface area (Å²) in [6.45, 7) is 4.78. The van der Waals surface area contributed by atoms with Gasteiger partial charge in [0.2, 0.25) is 5.91 Å². The zero-order valence-corrected chi connectivity index (χ0v) is 12.7. The Morgan fingerprint density at radius 3 is 2.80 bits per heavy atom. The Morgan fingerprint density at radius 1 is 1.50 bits per heavy atom. The number of aliphatic carboxylic acids is 1. The van der Waals surface area contributed by atoms with E-state index in [1.807, 2.05) is 19.2 Å². The summed E-state index contributed by atoms with van der Waals surface area (Å²) in [7, 11) is 0. The van der Waals surface area contributed by atoms with Crippen molar-refractivity contribution in [1.29, 1.82) is 0 Å². The Kier molecular flexibility index (Phi) is 4.75. The van der Waals surface area contributed by atoms with E-state index < -0.39 is 11.9 Å². The van der Waals surface area contributed by atoms with Crippen LogP contribution in [0.3, 0.4) is 0 Å². The van der Waals surface area contributed by atoms with Crippen molar-refractivity contribution in [2.45, 2.75) is 33.1 Å². The second-order valence-corrected chi connectivity index (χ2v) is 6.49. The average molecular weight is 296 g/mol. The Labute approximate surface area is 122 Å². The summed E-state index contributed by atoms with van der Waals surface area (Å²) in [6.07, 6.45) is 2.04. The molecule has 0 radical (unpaired) electrons. The number of rotatable bonds is 5. The van der Waals surface area contributed by atoms with Gasteiger partial charge in [-0.2, -0.15) is 0 Å². The van der Waals surface area contributed by atoms with E-state index in [0.717, 1.165) is 23.5 Å². The van der Waals surface area contributed by atoms with E-state index in [4.69, 9.17) is 5.11 Å². The molecule has 110 valence electrons. The van der Waals surface area contributed by atoms with Crippen LogP contribution in [-0.2, 0) is 16.0 Å². The second-order valence-electron chi connectivity index (χ2n) is 5.43. The van der Waals surface area contributed by atoms with Crippen LogP contribution in [0, 0.1) is 18.8 Å². The highest BCUT2D eigenvalue weighted by atomic mass is 32.1. The summed E-state index contributed by atoms with van der Waals surface area (Å²) in [5.74, 6) is -1.11. The topological polar surface area (TPSA) is 70.5 Å². The third-order valence-corrected chi connectivity index (χ3v) is 4.59. The molecule has 6 heteroatoms. The molecule has 1 aromatic heterocycles. The van der Waals surface area contributed by atoms with E-state index in [1.54, 1.807) is 16.2 Å². The number of carboxylic acids is 1. The molecule has 1 aliphatic heterocycles. The smallest absolute Gasteiger partial charge is 0.308 e. The molecule has 0 bridgehead atoms. The molecule has 2 heterocycles. The van der Waals surface area contributed by atoms with Crippen molar-refractivity contribution in [1.82, 2.24) is 9.88 Å². The monoisotopic (exact) mass is 296 g/mol. The van der Waals surface area contributed by atoms with Gasteiger partial charge in [-0.1, -0.05) is 6.92 Å². The van der Waals surface area contributed by atoms with Gasteiger partial charge >= 0.3 is 5.97 Å². The van der Waals surface area contributed by atoms with Gasteiger partial charge in [-0.25, -0.2) is 4.98 Å². The number of hydrogen-bond acceptors (Lipinski definition) is 4. The number of aryl methyl sites for hydroxylation is 2. The number of carbonyl (C=O) groups is 2. The maximum Gasteiger partial charge on any atom is 0.308 e. The van der Waals surface area contributed by atoms with Gasteiger partial charge < -0.3 is 10.0 Å². The standard InChI is InChI=1S/C14H20N2O3S/c1-9-6-16(7-12(9)14(18)19)13(17)5-3-4-11-8-20-10(2)15-11/h8-9,12H,3-7H2,1-2H3,(H,18,19)/t9-,12-/m1/s1. The number of nitrogens with zero attached hydrogens (tertiary/aromatic N) is 2. The minimum atomic E-state index is -0.800. The predicted molar refractivity (Wildman–Crippen MR) is 76.7 cm³/mol. The third-order valence-electron chi connectivity index (χ3n) is 3.77. The Morgan fingerprint density at radius 2 is 2.25 bits per heavy atom. The van der Waals surface area contributed by atoms with Gasteiger partial charge in [0, 0.05) is 24.9 Å². The third kappa shape index (κ3) is 3.56.